The van der Waals surface area contributed by atoms with Crippen LogP contribution in [0, 0.1) is 5.92 Å². The van der Waals surface area contributed by atoms with Gasteiger partial charge in [-0.3, -0.25) is 14.4 Å². The number of amides is 3. The zero-order valence-electron chi connectivity index (χ0n) is 18.8. The first-order chi connectivity index (χ1) is 15.6. The molecule has 3 rings (SSSR count). The minimum absolute atomic E-state index is 0.0116. The maximum absolute atomic E-state index is 12.8. The van der Waals surface area contributed by atoms with Gasteiger partial charge in [-0.05, 0) is 56.3 Å². The molecule has 7 nitrogen and oxygen atoms in total. The van der Waals surface area contributed by atoms with E-state index in [-0.39, 0.29) is 30.0 Å². The standard InChI is InChI=1S/C23H31F3N4O3/c1-16(31)30-11-6-17(7-12-30)5-9-29-10-8-20(15-29)28-21(32)14-27-22(33)18-3-2-4-19(13-18)23(24,25)26/h2-4,13,17,20H,5-12,14-15H2,1H3,(H,27,33)(H,28,32)/t20-/m1/s1. The molecule has 0 aliphatic carbocycles. The molecule has 1 aromatic carbocycles. The second kappa shape index (κ2) is 11.0. The Bertz CT molecular complexity index is 854. The molecule has 2 aliphatic rings. The van der Waals surface area contributed by atoms with Crippen LogP contribution in [0.3, 0.4) is 0 Å². The third-order valence-electron chi connectivity index (χ3n) is 6.41. The molecule has 1 atom stereocenters. The van der Waals surface area contributed by atoms with Gasteiger partial charge in [0.15, 0.2) is 0 Å². The second-order valence-corrected chi connectivity index (χ2v) is 8.85. The average molecular weight is 469 g/mol. The van der Waals surface area contributed by atoms with Crippen molar-refractivity contribution in [1.29, 1.82) is 0 Å². The van der Waals surface area contributed by atoms with Gasteiger partial charge < -0.3 is 20.4 Å². The van der Waals surface area contributed by atoms with Gasteiger partial charge >= 0.3 is 6.18 Å². The minimum Gasteiger partial charge on any atom is -0.350 e. The number of halogens is 3. The van der Waals surface area contributed by atoms with Crippen LogP contribution in [0.25, 0.3) is 0 Å². The van der Waals surface area contributed by atoms with Crippen LogP contribution >= 0.6 is 0 Å². The molecule has 0 saturated carbocycles. The van der Waals surface area contributed by atoms with E-state index in [9.17, 15) is 27.6 Å². The molecule has 0 aromatic heterocycles. The fourth-order valence-electron chi connectivity index (χ4n) is 4.43. The third-order valence-corrected chi connectivity index (χ3v) is 6.41. The van der Waals surface area contributed by atoms with Crippen molar-refractivity contribution in [2.45, 2.75) is 44.8 Å². The lowest BCUT2D eigenvalue weighted by molar-refractivity contribution is -0.137. The molecule has 2 aliphatic heterocycles. The Kier molecular flexibility index (Phi) is 8.34. The molecule has 33 heavy (non-hydrogen) atoms. The van der Waals surface area contributed by atoms with Gasteiger partial charge in [0.1, 0.15) is 0 Å². The zero-order valence-corrected chi connectivity index (χ0v) is 18.8. The number of carbonyl (C=O) groups is 3. The molecular weight excluding hydrogens is 437 g/mol. The van der Waals surface area contributed by atoms with Crippen molar-refractivity contribution in [3.63, 3.8) is 0 Å². The largest absolute Gasteiger partial charge is 0.416 e. The quantitative estimate of drug-likeness (QED) is 0.644. The summed E-state index contributed by atoms with van der Waals surface area (Å²) in [5.41, 5.74) is -1.05. The summed E-state index contributed by atoms with van der Waals surface area (Å²) in [6.45, 7) is 5.53. The van der Waals surface area contributed by atoms with Crippen LogP contribution in [0.4, 0.5) is 13.2 Å². The summed E-state index contributed by atoms with van der Waals surface area (Å²) >= 11 is 0. The monoisotopic (exact) mass is 468 g/mol. The number of hydrogen-bond acceptors (Lipinski definition) is 4. The zero-order chi connectivity index (χ0) is 24.0. The molecule has 2 N–H and O–H groups in total. The summed E-state index contributed by atoms with van der Waals surface area (Å²) in [7, 11) is 0. The number of nitrogens with zero attached hydrogens (tertiary/aromatic N) is 2. The first-order valence-electron chi connectivity index (χ1n) is 11.3. The van der Waals surface area contributed by atoms with E-state index in [4.69, 9.17) is 0 Å². The highest BCUT2D eigenvalue weighted by molar-refractivity contribution is 5.96. The van der Waals surface area contributed by atoms with Gasteiger partial charge in [-0.1, -0.05) is 6.07 Å². The van der Waals surface area contributed by atoms with E-state index in [1.165, 1.54) is 6.07 Å². The van der Waals surface area contributed by atoms with Crippen molar-refractivity contribution < 1.29 is 27.6 Å². The number of carbonyl (C=O) groups excluding carboxylic acids is 3. The van der Waals surface area contributed by atoms with Crippen LogP contribution in [-0.2, 0) is 15.8 Å². The molecule has 0 unspecified atom stereocenters. The smallest absolute Gasteiger partial charge is 0.350 e. The summed E-state index contributed by atoms with van der Waals surface area (Å²) in [4.78, 5) is 39.9. The Morgan fingerprint density at radius 3 is 2.48 bits per heavy atom. The van der Waals surface area contributed by atoms with E-state index in [2.05, 4.69) is 15.5 Å². The summed E-state index contributed by atoms with van der Waals surface area (Å²) in [6, 6.07) is 4.09. The maximum atomic E-state index is 12.8. The molecule has 2 heterocycles. The maximum Gasteiger partial charge on any atom is 0.416 e. The van der Waals surface area contributed by atoms with E-state index < -0.39 is 17.6 Å². The molecule has 0 radical (unpaired) electrons. The fourth-order valence-corrected chi connectivity index (χ4v) is 4.43. The van der Waals surface area contributed by atoms with Gasteiger partial charge in [0.2, 0.25) is 11.8 Å². The number of benzene rings is 1. The normalized spacial score (nSPS) is 20.0. The molecule has 2 fully saturated rings. The lowest BCUT2D eigenvalue weighted by Crippen LogP contribution is -2.43. The van der Waals surface area contributed by atoms with E-state index in [0.29, 0.717) is 5.92 Å². The molecule has 0 spiro atoms. The number of likely N-dealkylation sites (tertiary alicyclic amines) is 2. The minimum atomic E-state index is -4.53. The molecule has 0 bridgehead atoms. The van der Waals surface area contributed by atoms with E-state index in [0.717, 1.165) is 76.6 Å². The summed E-state index contributed by atoms with van der Waals surface area (Å²) in [6.07, 6.45) is -0.595. The van der Waals surface area contributed by atoms with E-state index in [1.54, 1.807) is 6.92 Å². The second-order valence-electron chi connectivity index (χ2n) is 8.85. The molecular formula is C23H31F3N4O3. The highest BCUT2D eigenvalue weighted by atomic mass is 19.4. The molecule has 10 heteroatoms. The molecule has 2 saturated heterocycles. The van der Waals surface area contributed by atoms with Crippen molar-refractivity contribution in [3.8, 4) is 0 Å². The predicted octanol–water partition coefficient (Wildman–Crippen LogP) is 2.27. The van der Waals surface area contributed by atoms with Crippen molar-refractivity contribution >= 4 is 17.7 Å². The molecule has 1 aromatic rings. The fraction of sp³-hybridized carbons (Fsp3) is 0.609. The Labute approximate surface area is 191 Å². The van der Waals surface area contributed by atoms with Gasteiger partial charge in [0.05, 0.1) is 12.1 Å². The number of piperidine rings is 1. The predicted molar refractivity (Wildman–Crippen MR) is 116 cm³/mol. The van der Waals surface area contributed by atoms with Gasteiger partial charge in [-0.25, -0.2) is 0 Å². The van der Waals surface area contributed by atoms with Crippen LogP contribution < -0.4 is 10.6 Å². The van der Waals surface area contributed by atoms with Gasteiger partial charge in [0.25, 0.3) is 5.91 Å². The topological polar surface area (TPSA) is 81.8 Å². The van der Waals surface area contributed by atoms with Crippen molar-refractivity contribution in [2.24, 2.45) is 5.92 Å². The van der Waals surface area contributed by atoms with Crippen molar-refractivity contribution in [3.05, 3.63) is 35.4 Å². The van der Waals surface area contributed by atoms with Crippen LogP contribution in [-0.4, -0.2) is 72.8 Å². The van der Waals surface area contributed by atoms with Gasteiger partial charge in [-0.15, -0.1) is 0 Å². The van der Waals surface area contributed by atoms with Crippen molar-refractivity contribution in [2.75, 3.05) is 39.3 Å². The molecule has 3 amide bonds. The highest BCUT2D eigenvalue weighted by Crippen LogP contribution is 2.29. The Morgan fingerprint density at radius 2 is 1.82 bits per heavy atom. The lowest BCUT2D eigenvalue weighted by Gasteiger charge is -2.32. The molecule has 182 valence electrons. The van der Waals surface area contributed by atoms with Gasteiger partial charge in [-0.2, -0.15) is 13.2 Å². The average Bonchev–Trinajstić information content (AvgIpc) is 3.23. The lowest BCUT2D eigenvalue weighted by atomic mass is 9.93. The Morgan fingerprint density at radius 1 is 1.09 bits per heavy atom. The van der Waals surface area contributed by atoms with Crippen LogP contribution in [0.15, 0.2) is 24.3 Å². The number of nitrogens with one attached hydrogen (secondary N) is 2. The van der Waals surface area contributed by atoms with E-state index >= 15 is 0 Å². The summed E-state index contributed by atoms with van der Waals surface area (Å²) in [5.74, 6) is -0.336. The van der Waals surface area contributed by atoms with Crippen LogP contribution in [0.2, 0.25) is 0 Å². The number of rotatable bonds is 7. The summed E-state index contributed by atoms with van der Waals surface area (Å²) in [5, 5.41) is 5.27. The third kappa shape index (κ3) is 7.45. The first kappa shape index (κ1) is 25.0. The van der Waals surface area contributed by atoms with Crippen LogP contribution in [0.5, 0.6) is 0 Å². The number of hydrogen-bond donors (Lipinski definition) is 2. The van der Waals surface area contributed by atoms with Crippen molar-refractivity contribution in [1.82, 2.24) is 20.4 Å². The van der Waals surface area contributed by atoms with Gasteiger partial charge in [0, 0.05) is 44.7 Å². The Balaban J connectivity index is 1.34. The summed E-state index contributed by atoms with van der Waals surface area (Å²) < 4.78 is 38.4. The van der Waals surface area contributed by atoms with E-state index in [1.807, 2.05) is 4.90 Å². The highest BCUT2D eigenvalue weighted by Gasteiger charge is 2.31. The first-order valence-corrected chi connectivity index (χ1v) is 11.3. The number of alkyl halides is 3. The Hall–Kier alpha value is -2.62. The van der Waals surface area contributed by atoms with Crippen LogP contribution in [0.1, 0.15) is 48.5 Å². The SMILES string of the molecule is CC(=O)N1CCC(CCN2CC[C@@H](NC(=O)CNC(=O)c3cccc(C(F)(F)F)c3)C2)CC1.